The molecule has 62 valence electrons. The summed E-state index contributed by atoms with van der Waals surface area (Å²) >= 11 is 1.67. The molecule has 0 N–H and O–H groups in total. The Bertz CT molecular complexity index is 78.0. The molecule has 0 heterocycles. The van der Waals surface area contributed by atoms with Crippen LogP contribution in [0.1, 0.15) is 6.92 Å². The molecule has 0 aliphatic rings. The fourth-order valence-electron chi connectivity index (χ4n) is 0.458. The van der Waals surface area contributed by atoms with Gasteiger partial charge in [-0.2, -0.15) is 11.8 Å². The van der Waals surface area contributed by atoms with Crippen LogP contribution in [0, 0.1) is 0 Å². The van der Waals surface area contributed by atoms with Gasteiger partial charge in [-0.05, 0) is 21.0 Å². The zero-order valence-corrected chi connectivity index (χ0v) is 7.75. The summed E-state index contributed by atoms with van der Waals surface area (Å²) < 4.78 is 11.6. The first-order valence-corrected chi connectivity index (χ1v) is 4.64. The van der Waals surface area contributed by atoms with Crippen LogP contribution in [0.3, 0.4) is 0 Å². The monoisotopic (exact) mass is 165 g/mol. The Morgan fingerprint density at radius 3 is 2.50 bits per heavy atom. The average molecular weight is 165 g/mol. The van der Waals surface area contributed by atoms with E-state index in [1.54, 1.807) is 11.8 Å². The van der Waals surface area contributed by atoms with Crippen LogP contribution in [-0.2, 0) is 0 Å². The van der Waals surface area contributed by atoms with E-state index in [1.807, 2.05) is 14.1 Å². The zero-order valence-electron chi connectivity index (χ0n) is 6.93. The number of hydrogen-bond acceptors (Lipinski definition) is 2. The van der Waals surface area contributed by atoms with Gasteiger partial charge in [0.25, 0.3) is 0 Å². The second-order valence-electron chi connectivity index (χ2n) is 2.58. The third-order valence-electron chi connectivity index (χ3n) is 1.46. The van der Waals surface area contributed by atoms with Crippen molar-refractivity contribution < 1.29 is 4.39 Å². The summed E-state index contributed by atoms with van der Waals surface area (Å²) in [7, 11) is 4.08. The average Bonchev–Trinajstić information content (AvgIpc) is 1.88. The van der Waals surface area contributed by atoms with Crippen molar-refractivity contribution in [3.63, 3.8) is 0 Å². The largest absolute Gasteiger partial charge is 0.306 e. The number of alkyl halides is 1. The fraction of sp³-hybridized carbons (Fsp3) is 1.00. The topological polar surface area (TPSA) is 3.24 Å². The molecule has 0 saturated heterocycles. The molecule has 0 unspecified atom stereocenters. The van der Waals surface area contributed by atoms with E-state index in [2.05, 4.69) is 11.8 Å². The maximum absolute atomic E-state index is 11.6. The quantitative estimate of drug-likeness (QED) is 0.570. The Kier molecular flexibility index (Phi) is 6.13. The number of nitrogens with zero attached hydrogens (tertiary/aromatic N) is 1. The lowest BCUT2D eigenvalue weighted by Crippen LogP contribution is -2.26. The Balaban J connectivity index is 3.13. The molecule has 0 saturated carbocycles. The third kappa shape index (κ3) is 5.06. The zero-order chi connectivity index (χ0) is 7.98. The molecule has 0 rings (SSSR count). The molecule has 3 heteroatoms. The Morgan fingerprint density at radius 1 is 1.50 bits per heavy atom. The molecule has 0 radical (unpaired) electrons. The van der Waals surface area contributed by atoms with E-state index in [-0.39, 0.29) is 6.67 Å². The first-order chi connectivity index (χ1) is 4.68. The van der Waals surface area contributed by atoms with Crippen LogP contribution < -0.4 is 0 Å². The van der Waals surface area contributed by atoms with Gasteiger partial charge in [-0.25, -0.2) is 0 Å². The smallest absolute Gasteiger partial charge is 0.0984 e. The minimum absolute atomic E-state index is 0.204. The van der Waals surface area contributed by atoms with Gasteiger partial charge in [-0.1, -0.05) is 0 Å². The molecule has 10 heavy (non-hydrogen) atoms. The van der Waals surface area contributed by atoms with Crippen LogP contribution in [0.15, 0.2) is 0 Å². The van der Waals surface area contributed by atoms with Crippen molar-refractivity contribution >= 4 is 11.8 Å². The fourth-order valence-corrected chi connectivity index (χ4v) is 1.37. The molecule has 1 nitrogen and oxygen atoms in total. The third-order valence-corrected chi connectivity index (χ3v) is 2.62. The van der Waals surface area contributed by atoms with E-state index in [0.717, 1.165) is 5.75 Å². The molecule has 0 spiro atoms. The minimum Gasteiger partial charge on any atom is -0.306 e. The lowest BCUT2D eigenvalue weighted by Gasteiger charge is -2.18. The summed E-state index contributed by atoms with van der Waals surface area (Å²) in [6, 6.07) is 0.552. The van der Waals surface area contributed by atoms with Crippen LogP contribution in [0.5, 0.6) is 0 Å². The second-order valence-corrected chi connectivity index (χ2v) is 3.73. The van der Waals surface area contributed by atoms with Gasteiger partial charge in [0, 0.05) is 17.5 Å². The molecule has 0 aliphatic carbocycles. The van der Waals surface area contributed by atoms with Gasteiger partial charge in [-0.15, -0.1) is 0 Å². The van der Waals surface area contributed by atoms with Crippen molar-refractivity contribution in [3.8, 4) is 0 Å². The Morgan fingerprint density at radius 2 is 2.10 bits per heavy atom. The van der Waals surface area contributed by atoms with E-state index in [4.69, 9.17) is 0 Å². The van der Waals surface area contributed by atoms with Crippen LogP contribution in [-0.4, -0.2) is 43.2 Å². The van der Waals surface area contributed by atoms with Gasteiger partial charge < -0.3 is 4.90 Å². The Hall–Kier alpha value is 0.240. The SMILES string of the molecule is C[C@@H](CSCCF)N(C)C. The van der Waals surface area contributed by atoms with Crippen molar-refractivity contribution in [2.24, 2.45) is 0 Å². The van der Waals surface area contributed by atoms with Gasteiger partial charge in [0.05, 0.1) is 6.67 Å². The normalized spacial score (nSPS) is 14.1. The highest BCUT2D eigenvalue weighted by Crippen LogP contribution is 2.05. The molecule has 0 fully saturated rings. The van der Waals surface area contributed by atoms with Crippen molar-refractivity contribution in [1.29, 1.82) is 0 Å². The summed E-state index contributed by atoms with van der Waals surface area (Å²) in [5.74, 6) is 1.66. The first-order valence-electron chi connectivity index (χ1n) is 3.48. The highest BCUT2D eigenvalue weighted by Gasteiger charge is 2.02. The summed E-state index contributed by atoms with van der Waals surface area (Å²) in [5.41, 5.74) is 0. The molecule has 0 amide bonds. The molecule has 1 atom stereocenters. The number of thioether (sulfide) groups is 1. The van der Waals surface area contributed by atoms with E-state index < -0.39 is 0 Å². The molecule has 0 aliphatic heterocycles. The highest BCUT2D eigenvalue weighted by atomic mass is 32.2. The predicted octanol–water partition coefficient (Wildman–Crippen LogP) is 1.64. The lowest BCUT2D eigenvalue weighted by molar-refractivity contribution is 0.340. The van der Waals surface area contributed by atoms with Crippen molar-refractivity contribution in [2.75, 3.05) is 32.3 Å². The van der Waals surface area contributed by atoms with Gasteiger partial charge in [0.15, 0.2) is 0 Å². The maximum atomic E-state index is 11.6. The Labute approximate surface area is 67.0 Å². The first kappa shape index (κ1) is 10.2. The molecular weight excluding hydrogens is 149 g/mol. The van der Waals surface area contributed by atoms with Crippen LogP contribution in [0.2, 0.25) is 0 Å². The number of halogens is 1. The molecule has 0 bridgehead atoms. The maximum Gasteiger partial charge on any atom is 0.0984 e. The summed E-state index contributed by atoms with van der Waals surface area (Å²) in [6.07, 6.45) is 0. The predicted molar refractivity (Wildman–Crippen MR) is 46.4 cm³/mol. The molecular formula is C7H16FNS. The van der Waals surface area contributed by atoms with E-state index in [1.165, 1.54) is 0 Å². The van der Waals surface area contributed by atoms with Gasteiger partial charge in [0.2, 0.25) is 0 Å². The van der Waals surface area contributed by atoms with Gasteiger partial charge in [-0.3, -0.25) is 4.39 Å². The molecule has 0 aromatic heterocycles. The summed E-state index contributed by atoms with van der Waals surface area (Å²) in [5, 5.41) is 0. The summed E-state index contributed by atoms with van der Waals surface area (Å²) in [4.78, 5) is 2.14. The van der Waals surface area contributed by atoms with Crippen LogP contribution >= 0.6 is 11.8 Å². The number of hydrogen-bond donors (Lipinski definition) is 0. The molecule has 0 aromatic rings. The van der Waals surface area contributed by atoms with Crippen molar-refractivity contribution in [1.82, 2.24) is 4.90 Å². The van der Waals surface area contributed by atoms with Gasteiger partial charge >= 0.3 is 0 Å². The number of rotatable bonds is 5. The van der Waals surface area contributed by atoms with E-state index in [0.29, 0.717) is 11.8 Å². The second kappa shape index (κ2) is 5.98. The standard InChI is InChI=1S/C7H16FNS/c1-7(9(2)3)6-10-5-4-8/h7H,4-6H2,1-3H3/t7-/m0/s1. The van der Waals surface area contributed by atoms with Crippen molar-refractivity contribution in [3.05, 3.63) is 0 Å². The van der Waals surface area contributed by atoms with Crippen LogP contribution in [0.25, 0.3) is 0 Å². The van der Waals surface area contributed by atoms with E-state index >= 15 is 0 Å². The molecule has 0 aromatic carbocycles. The van der Waals surface area contributed by atoms with Crippen LogP contribution in [0.4, 0.5) is 4.39 Å². The van der Waals surface area contributed by atoms with Gasteiger partial charge in [0.1, 0.15) is 0 Å². The van der Waals surface area contributed by atoms with Crippen molar-refractivity contribution in [2.45, 2.75) is 13.0 Å². The van der Waals surface area contributed by atoms with E-state index in [9.17, 15) is 4.39 Å². The lowest BCUT2D eigenvalue weighted by atomic mass is 10.4. The highest BCUT2D eigenvalue weighted by molar-refractivity contribution is 7.99. The summed E-state index contributed by atoms with van der Waals surface area (Å²) in [6.45, 7) is 1.94. The minimum atomic E-state index is -0.204.